The fourth-order valence-corrected chi connectivity index (χ4v) is 1.86. The Morgan fingerprint density at radius 2 is 2.00 bits per heavy atom. The van der Waals surface area contributed by atoms with Crippen LogP contribution in [0.3, 0.4) is 0 Å². The molecular weight excluding hydrogens is 248 g/mol. The number of nitrogens with one attached hydrogen (secondary N) is 1. The minimum absolute atomic E-state index is 0.0615. The van der Waals surface area contributed by atoms with Crippen LogP contribution in [0, 0.1) is 11.6 Å². The molecule has 0 saturated carbocycles. The maximum absolute atomic E-state index is 13.6. The largest absolute Gasteiger partial charge is 0.380 e. The summed E-state index contributed by atoms with van der Waals surface area (Å²) in [6, 6.07) is 3.79. The van der Waals surface area contributed by atoms with E-state index in [2.05, 4.69) is 12.2 Å². The van der Waals surface area contributed by atoms with E-state index in [4.69, 9.17) is 4.74 Å². The third kappa shape index (κ3) is 6.12. The lowest BCUT2D eigenvalue weighted by molar-refractivity contribution is 0.111. The van der Waals surface area contributed by atoms with Gasteiger partial charge in [0.05, 0.1) is 6.61 Å². The van der Waals surface area contributed by atoms with E-state index < -0.39 is 11.6 Å². The molecule has 0 bridgehead atoms. The van der Waals surface area contributed by atoms with Crippen molar-refractivity contribution in [1.82, 2.24) is 5.32 Å². The lowest BCUT2D eigenvalue weighted by Crippen LogP contribution is -2.36. The van der Waals surface area contributed by atoms with Gasteiger partial charge in [-0.3, -0.25) is 0 Å². The van der Waals surface area contributed by atoms with Gasteiger partial charge in [0.1, 0.15) is 11.6 Å². The Kier molecular flexibility index (Phi) is 7.60. The molecule has 0 spiro atoms. The first-order chi connectivity index (χ1) is 9.17. The molecule has 0 amide bonds. The fraction of sp³-hybridized carbons (Fsp3) is 0.600. The molecule has 0 aliphatic rings. The summed E-state index contributed by atoms with van der Waals surface area (Å²) >= 11 is 0. The predicted octanol–water partition coefficient (Wildman–Crippen LogP) is 3.30. The Morgan fingerprint density at radius 3 is 2.63 bits per heavy atom. The minimum atomic E-state index is -0.540. The van der Waals surface area contributed by atoms with E-state index in [9.17, 15) is 8.78 Å². The molecule has 0 aromatic heterocycles. The Hall–Kier alpha value is -1.00. The van der Waals surface area contributed by atoms with Crippen LogP contribution in [0.2, 0.25) is 0 Å². The molecule has 0 heterocycles. The first-order valence-corrected chi connectivity index (χ1v) is 6.92. The highest BCUT2D eigenvalue weighted by molar-refractivity contribution is 5.19. The summed E-state index contributed by atoms with van der Waals surface area (Å²) in [5.41, 5.74) is 0.523. The van der Waals surface area contributed by atoms with E-state index >= 15 is 0 Å². The van der Waals surface area contributed by atoms with Crippen LogP contribution in [0.25, 0.3) is 0 Å². The summed E-state index contributed by atoms with van der Waals surface area (Å²) in [5.74, 6) is -1.03. The highest BCUT2D eigenvalue weighted by Crippen LogP contribution is 2.12. The smallest absolute Gasteiger partial charge is 0.129 e. The fourth-order valence-electron chi connectivity index (χ4n) is 1.86. The van der Waals surface area contributed by atoms with Gasteiger partial charge in [-0.15, -0.1) is 0 Å². The van der Waals surface area contributed by atoms with Crippen molar-refractivity contribution >= 4 is 0 Å². The molecular formula is C15H23F2NO. The summed E-state index contributed by atoms with van der Waals surface area (Å²) in [6.45, 7) is 6.24. The molecule has 1 aromatic rings. The molecule has 4 heteroatoms. The van der Waals surface area contributed by atoms with E-state index in [0.29, 0.717) is 25.2 Å². The molecule has 0 aliphatic carbocycles. The van der Waals surface area contributed by atoms with Crippen molar-refractivity contribution in [3.8, 4) is 0 Å². The summed E-state index contributed by atoms with van der Waals surface area (Å²) in [4.78, 5) is 0. The average Bonchev–Trinajstić information content (AvgIpc) is 2.39. The highest BCUT2D eigenvalue weighted by atomic mass is 19.1. The van der Waals surface area contributed by atoms with E-state index in [0.717, 1.165) is 25.5 Å². The molecule has 1 aromatic carbocycles. The standard InChI is InChI=1S/C15H23F2NO/c1-3-7-18-14(11-19-8-4-2)9-12-5-6-13(16)10-15(12)17/h5-6,10,14,18H,3-4,7-9,11H2,1-2H3. The van der Waals surface area contributed by atoms with Gasteiger partial charge in [-0.2, -0.15) is 0 Å². The Bertz CT molecular complexity index is 371. The summed E-state index contributed by atoms with van der Waals surface area (Å²) < 4.78 is 32.0. The second-order valence-corrected chi connectivity index (χ2v) is 4.67. The van der Waals surface area contributed by atoms with Crippen molar-refractivity contribution in [2.24, 2.45) is 0 Å². The molecule has 1 N–H and O–H groups in total. The molecule has 0 saturated heterocycles. The van der Waals surface area contributed by atoms with Gasteiger partial charge in [0.25, 0.3) is 0 Å². The van der Waals surface area contributed by atoms with Crippen LogP contribution in [0.5, 0.6) is 0 Å². The molecule has 1 unspecified atom stereocenters. The number of rotatable bonds is 9. The SMILES string of the molecule is CCCNC(COCCC)Cc1ccc(F)cc1F. The van der Waals surface area contributed by atoms with Crippen LogP contribution >= 0.6 is 0 Å². The summed E-state index contributed by atoms with van der Waals surface area (Å²) in [5, 5.41) is 3.33. The van der Waals surface area contributed by atoms with Gasteiger partial charge in [0.2, 0.25) is 0 Å². The van der Waals surface area contributed by atoms with Crippen LogP contribution in [0.1, 0.15) is 32.3 Å². The zero-order valence-electron chi connectivity index (χ0n) is 11.7. The zero-order chi connectivity index (χ0) is 14.1. The van der Waals surface area contributed by atoms with E-state index in [1.165, 1.54) is 12.1 Å². The van der Waals surface area contributed by atoms with Crippen LogP contribution in [0.15, 0.2) is 18.2 Å². The molecule has 108 valence electrons. The third-order valence-corrected chi connectivity index (χ3v) is 2.83. The Labute approximate surface area is 114 Å². The average molecular weight is 271 g/mol. The topological polar surface area (TPSA) is 21.3 Å². The normalized spacial score (nSPS) is 12.6. The van der Waals surface area contributed by atoms with Crippen LogP contribution in [0.4, 0.5) is 8.78 Å². The van der Waals surface area contributed by atoms with Gasteiger partial charge in [0.15, 0.2) is 0 Å². The number of hydrogen-bond acceptors (Lipinski definition) is 2. The molecule has 1 atom stereocenters. The molecule has 2 nitrogen and oxygen atoms in total. The van der Waals surface area contributed by atoms with E-state index in [1.807, 2.05) is 6.92 Å². The van der Waals surface area contributed by atoms with Crippen molar-refractivity contribution in [3.63, 3.8) is 0 Å². The van der Waals surface area contributed by atoms with Gasteiger partial charge < -0.3 is 10.1 Å². The van der Waals surface area contributed by atoms with Crippen molar-refractivity contribution in [1.29, 1.82) is 0 Å². The van der Waals surface area contributed by atoms with Gasteiger partial charge in [-0.1, -0.05) is 19.9 Å². The first kappa shape index (κ1) is 16.1. The molecule has 0 aliphatic heterocycles. The number of ether oxygens (including phenoxy) is 1. The maximum Gasteiger partial charge on any atom is 0.129 e. The van der Waals surface area contributed by atoms with Gasteiger partial charge >= 0.3 is 0 Å². The Morgan fingerprint density at radius 1 is 1.21 bits per heavy atom. The lowest BCUT2D eigenvalue weighted by Gasteiger charge is -2.19. The maximum atomic E-state index is 13.6. The van der Waals surface area contributed by atoms with Crippen LogP contribution in [-0.4, -0.2) is 25.8 Å². The molecule has 0 fully saturated rings. The number of benzene rings is 1. The Balaban J connectivity index is 2.58. The number of hydrogen-bond donors (Lipinski definition) is 1. The highest BCUT2D eigenvalue weighted by Gasteiger charge is 2.12. The van der Waals surface area contributed by atoms with Crippen molar-refractivity contribution in [2.45, 2.75) is 39.2 Å². The molecule has 19 heavy (non-hydrogen) atoms. The van der Waals surface area contributed by atoms with Gasteiger partial charge in [-0.05, 0) is 37.4 Å². The predicted molar refractivity (Wildman–Crippen MR) is 73.3 cm³/mol. The van der Waals surface area contributed by atoms with Crippen LogP contribution in [-0.2, 0) is 11.2 Å². The molecule has 0 radical (unpaired) electrons. The van der Waals surface area contributed by atoms with Crippen molar-refractivity contribution in [2.75, 3.05) is 19.8 Å². The quantitative estimate of drug-likeness (QED) is 0.696. The summed E-state index contributed by atoms with van der Waals surface area (Å²) in [6.07, 6.45) is 2.48. The van der Waals surface area contributed by atoms with Crippen LogP contribution < -0.4 is 5.32 Å². The van der Waals surface area contributed by atoms with Gasteiger partial charge in [-0.25, -0.2) is 8.78 Å². The van der Waals surface area contributed by atoms with E-state index in [1.54, 1.807) is 0 Å². The summed E-state index contributed by atoms with van der Waals surface area (Å²) in [7, 11) is 0. The lowest BCUT2D eigenvalue weighted by atomic mass is 10.1. The molecule has 1 rings (SSSR count). The monoisotopic (exact) mass is 271 g/mol. The van der Waals surface area contributed by atoms with Crippen molar-refractivity contribution in [3.05, 3.63) is 35.4 Å². The van der Waals surface area contributed by atoms with Crippen molar-refractivity contribution < 1.29 is 13.5 Å². The minimum Gasteiger partial charge on any atom is -0.380 e. The first-order valence-electron chi connectivity index (χ1n) is 6.92. The second-order valence-electron chi connectivity index (χ2n) is 4.67. The number of halogens is 2. The third-order valence-electron chi connectivity index (χ3n) is 2.83. The second kappa shape index (κ2) is 8.99. The van der Waals surface area contributed by atoms with Gasteiger partial charge in [0, 0.05) is 18.7 Å². The van der Waals surface area contributed by atoms with E-state index in [-0.39, 0.29) is 6.04 Å². The zero-order valence-corrected chi connectivity index (χ0v) is 11.7.